The number of hydrogen-bond acceptors (Lipinski definition) is 7. The molecule has 0 aliphatic heterocycles. The molecule has 3 rings (SSSR count). The predicted octanol–water partition coefficient (Wildman–Crippen LogP) is 5.34. The third kappa shape index (κ3) is 5.80. The summed E-state index contributed by atoms with van der Waals surface area (Å²) in [5.74, 6) is 0.771. The molecule has 0 saturated heterocycles. The molecule has 34 heavy (non-hydrogen) atoms. The topological polar surface area (TPSA) is 109 Å². The van der Waals surface area contributed by atoms with E-state index in [2.05, 4.69) is 26.0 Å². The Morgan fingerprint density at radius 1 is 1.26 bits per heavy atom. The molecular weight excluding hydrogens is 504 g/mol. The van der Waals surface area contributed by atoms with E-state index in [0.29, 0.717) is 28.7 Å². The Morgan fingerprint density at radius 3 is 2.62 bits per heavy atom. The van der Waals surface area contributed by atoms with Crippen LogP contribution in [0.3, 0.4) is 0 Å². The normalized spacial score (nSPS) is 11.8. The minimum absolute atomic E-state index is 0.0561. The molecule has 0 saturated carbocycles. The molecule has 9 nitrogen and oxygen atoms in total. The monoisotopic (exact) mass is 530 g/mol. The van der Waals surface area contributed by atoms with E-state index in [4.69, 9.17) is 9.47 Å². The van der Waals surface area contributed by atoms with Crippen molar-refractivity contribution in [1.29, 1.82) is 0 Å². The van der Waals surface area contributed by atoms with E-state index in [0.717, 1.165) is 10.9 Å². The first-order chi connectivity index (χ1) is 16.0. The Morgan fingerprint density at radius 2 is 2.00 bits per heavy atom. The molecule has 0 aliphatic rings. The van der Waals surface area contributed by atoms with E-state index in [1.54, 1.807) is 18.2 Å². The van der Waals surface area contributed by atoms with Gasteiger partial charge in [0.05, 0.1) is 35.8 Å². The second kappa shape index (κ2) is 10.3. The molecule has 0 spiro atoms. The maximum absolute atomic E-state index is 13.2. The molecular formula is C24H27BrN4O5. The molecule has 0 atom stereocenters. The molecule has 0 radical (unpaired) electrons. The van der Waals surface area contributed by atoms with Crippen LogP contribution >= 0.6 is 15.9 Å². The summed E-state index contributed by atoms with van der Waals surface area (Å²) >= 11 is 3.38. The van der Waals surface area contributed by atoms with Crippen LogP contribution in [0.15, 0.2) is 44.7 Å². The van der Waals surface area contributed by atoms with Gasteiger partial charge in [-0.25, -0.2) is 4.98 Å². The van der Waals surface area contributed by atoms with Crippen LogP contribution in [-0.2, 0) is 6.42 Å². The Balaban J connectivity index is 2.11. The summed E-state index contributed by atoms with van der Waals surface area (Å²) in [5, 5.41) is 16.5. The van der Waals surface area contributed by atoms with Crippen molar-refractivity contribution in [2.75, 3.05) is 13.7 Å². The Labute approximate surface area is 205 Å². The standard InChI is InChI=1S/C24H27BrN4O5/c1-6-7-21-27-18-9-8-16(25)12-17(18)23(30)28(21)26-13-15-10-19(29(31)32)22(20(11-15)33-5)34-14-24(2,3)4/h8-13H,6-7,14H2,1-5H3. The van der Waals surface area contributed by atoms with Crippen molar-refractivity contribution in [3.63, 3.8) is 0 Å². The number of aromatic nitrogens is 2. The lowest BCUT2D eigenvalue weighted by Gasteiger charge is -2.20. The molecule has 1 aromatic heterocycles. The number of nitrogens with zero attached hydrogens (tertiary/aromatic N) is 4. The van der Waals surface area contributed by atoms with Crippen molar-refractivity contribution in [3.05, 3.63) is 66.7 Å². The zero-order chi connectivity index (χ0) is 25.0. The first kappa shape index (κ1) is 25.4. The number of nitro groups is 1. The predicted molar refractivity (Wildman–Crippen MR) is 135 cm³/mol. The van der Waals surface area contributed by atoms with E-state index >= 15 is 0 Å². The van der Waals surface area contributed by atoms with Crippen LogP contribution in [0.2, 0.25) is 0 Å². The largest absolute Gasteiger partial charge is 0.493 e. The highest BCUT2D eigenvalue weighted by Gasteiger charge is 2.24. The highest BCUT2D eigenvalue weighted by molar-refractivity contribution is 9.10. The van der Waals surface area contributed by atoms with Gasteiger partial charge >= 0.3 is 5.69 Å². The third-order valence-corrected chi connectivity index (χ3v) is 5.29. The smallest absolute Gasteiger partial charge is 0.315 e. The first-order valence-corrected chi connectivity index (χ1v) is 11.6. The number of halogens is 1. The van der Waals surface area contributed by atoms with Crippen LogP contribution in [0, 0.1) is 15.5 Å². The summed E-state index contributed by atoms with van der Waals surface area (Å²) in [7, 11) is 1.42. The van der Waals surface area contributed by atoms with Gasteiger partial charge in [-0.15, -0.1) is 0 Å². The van der Waals surface area contributed by atoms with Gasteiger partial charge < -0.3 is 9.47 Å². The van der Waals surface area contributed by atoms with Crippen LogP contribution < -0.4 is 15.0 Å². The van der Waals surface area contributed by atoms with Crippen molar-refractivity contribution < 1.29 is 14.4 Å². The van der Waals surface area contributed by atoms with Crippen molar-refractivity contribution >= 4 is 38.7 Å². The van der Waals surface area contributed by atoms with Crippen LogP contribution in [0.5, 0.6) is 11.5 Å². The fourth-order valence-electron chi connectivity index (χ4n) is 3.23. The quantitative estimate of drug-likeness (QED) is 0.221. The summed E-state index contributed by atoms with van der Waals surface area (Å²) in [6.07, 6.45) is 2.69. The number of hydrogen-bond donors (Lipinski definition) is 0. The number of rotatable bonds is 8. The minimum Gasteiger partial charge on any atom is -0.493 e. The third-order valence-electron chi connectivity index (χ3n) is 4.79. The number of fused-ring (bicyclic) bond motifs is 1. The Hall–Kier alpha value is -3.27. The first-order valence-electron chi connectivity index (χ1n) is 10.8. The van der Waals surface area contributed by atoms with Gasteiger partial charge in [0.2, 0.25) is 5.75 Å². The number of methoxy groups -OCH3 is 1. The van der Waals surface area contributed by atoms with Crippen LogP contribution in [-0.4, -0.2) is 34.5 Å². The molecule has 0 aliphatic carbocycles. The van der Waals surface area contributed by atoms with Crippen LogP contribution in [0.1, 0.15) is 45.5 Å². The van der Waals surface area contributed by atoms with Crippen LogP contribution in [0.25, 0.3) is 10.9 Å². The maximum atomic E-state index is 13.2. The van der Waals surface area contributed by atoms with Crippen molar-refractivity contribution in [2.24, 2.45) is 10.5 Å². The fraction of sp³-hybridized carbons (Fsp3) is 0.375. The SMILES string of the molecule is CCCc1nc2ccc(Br)cc2c(=O)n1N=Cc1cc(OC)c(OCC(C)(C)C)c([N+](=O)[O-])c1. The average molecular weight is 531 g/mol. The highest BCUT2D eigenvalue weighted by atomic mass is 79.9. The molecule has 3 aromatic rings. The van der Waals surface area contributed by atoms with Gasteiger partial charge in [0.1, 0.15) is 5.82 Å². The minimum atomic E-state index is -0.526. The van der Waals surface area contributed by atoms with Gasteiger partial charge in [0, 0.05) is 22.5 Å². The van der Waals surface area contributed by atoms with Crippen molar-refractivity contribution in [1.82, 2.24) is 9.66 Å². The molecule has 0 fully saturated rings. The lowest BCUT2D eigenvalue weighted by atomic mass is 9.98. The molecule has 0 unspecified atom stereocenters. The number of aryl methyl sites for hydroxylation is 1. The molecule has 1 heterocycles. The van der Waals surface area contributed by atoms with E-state index in [1.165, 1.54) is 24.1 Å². The number of ether oxygens (including phenoxy) is 2. The van der Waals surface area contributed by atoms with Gasteiger partial charge in [-0.1, -0.05) is 43.6 Å². The maximum Gasteiger partial charge on any atom is 0.315 e. The fourth-order valence-corrected chi connectivity index (χ4v) is 3.59. The van der Waals surface area contributed by atoms with E-state index in [9.17, 15) is 14.9 Å². The van der Waals surface area contributed by atoms with Gasteiger partial charge in [0.15, 0.2) is 5.75 Å². The highest BCUT2D eigenvalue weighted by Crippen LogP contribution is 2.39. The van der Waals surface area contributed by atoms with Gasteiger partial charge in [0.25, 0.3) is 5.56 Å². The summed E-state index contributed by atoms with van der Waals surface area (Å²) in [5.41, 5.74) is 0.203. The zero-order valence-corrected chi connectivity index (χ0v) is 21.4. The molecule has 2 aromatic carbocycles. The zero-order valence-electron chi connectivity index (χ0n) is 19.8. The summed E-state index contributed by atoms with van der Waals surface area (Å²) in [4.78, 5) is 29.0. The second-order valence-corrected chi connectivity index (χ2v) is 9.89. The van der Waals surface area contributed by atoms with Crippen LogP contribution in [0.4, 0.5) is 5.69 Å². The van der Waals surface area contributed by atoms with Gasteiger partial charge in [-0.2, -0.15) is 9.78 Å². The molecule has 0 N–H and O–H groups in total. The Bertz CT molecular complexity index is 1310. The molecule has 180 valence electrons. The van der Waals surface area contributed by atoms with Crippen molar-refractivity contribution in [3.8, 4) is 11.5 Å². The molecule has 10 heteroatoms. The average Bonchev–Trinajstić information content (AvgIpc) is 2.77. The van der Waals surface area contributed by atoms with E-state index < -0.39 is 4.92 Å². The van der Waals surface area contributed by atoms with Gasteiger partial charge in [-0.05, 0) is 36.1 Å². The Kier molecular flexibility index (Phi) is 7.71. The van der Waals surface area contributed by atoms with Crippen molar-refractivity contribution in [2.45, 2.75) is 40.5 Å². The summed E-state index contributed by atoms with van der Waals surface area (Å²) < 4.78 is 13.1. The summed E-state index contributed by atoms with van der Waals surface area (Å²) in [6, 6.07) is 8.23. The second-order valence-electron chi connectivity index (χ2n) is 8.98. The number of benzene rings is 2. The number of nitro benzene ring substituents is 1. The molecule has 0 amide bonds. The lowest BCUT2D eigenvalue weighted by molar-refractivity contribution is -0.386. The lowest BCUT2D eigenvalue weighted by Crippen LogP contribution is -2.22. The van der Waals surface area contributed by atoms with E-state index in [-0.39, 0.29) is 34.8 Å². The molecule has 0 bridgehead atoms. The van der Waals surface area contributed by atoms with E-state index in [1.807, 2.05) is 33.8 Å². The van der Waals surface area contributed by atoms with Gasteiger partial charge in [-0.3, -0.25) is 14.9 Å². The summed E-state index contributed by atoms with van der Waals surface area (Å²) in [6.45, 7) is 8.15.